The van der Waals surface area contributed by atoms with Crippen LogP contribution in [-0.2, 0) is 0 Å². The molecule has 0 aromatic rings. The molecule has 0 saturated heterocycles. The minimum atomic E-state index is 0.373. The number of hydrogen-bond donors (Lipinski definition) is 1. The van der Waals surface area contributed by atoms with Gasteiger partial charge >= 0.3 is 0 Å². The van der Waals surface area contributed by atoms with Crippen LogP contribution in [0, 0.1) is 5.41 Å². The van der Waals surface area contributed by atoms with Crippen LogP contribution in [0.3, 0.4) is 0 Å². The van der Waals surface area contributed by atoms with Gasteiger partial charge in [0.1, 0.15) is 0 Å². The van der Waals surface area contributed by atoms with Gasteiger partial charge in [-0.1, -0.05) is 32.4 Å². The maximum absolute atomic E-state index is 3.58. The summed E-state index contributed by atoms with van der Waals surface area (Å²) in [6, 6.07) is 0.852. The van der Waals surface area contributed by atoms with E-state index in [-0.39, 0.29) is 0 Å². The molecule has 1 aliphatic heterocycles. The van der Waals surface area contributed by atoms with Crippen LogP contribution in [0.15, 0.2) is 11.6 Å². The van der Waals surface area contributed by atoms with E-state index in [1.54, 1.807) is 5.57 Å². The second kappa shape index (κ2) is 4.89. The van der Waals surface area contributed by atoms with Gasteiger partial charge in [0.15, 0.2) is 0 Å². The Balaban J connectivity index is 1.69. The van der Waals surface area contributed by atoms with Crippen molar-refractivity contribution < 1.29 is 0 Å². The van der Waals surface area contributed by atoms with Gasteiger partial charge in [0.25, 0.3) is 0 Å². The molecule has 1 aliphatic carbocycles. The van der Waals surface area contributed by atoms with Crippen molar-refractivity contribution in [2.45, 2.75) is 46.1 Å². The molecule has 0 aromatic heterocycles. The number of nitrogens with one attached hydrogen (secondary N) is 1. The molecule has 0 radical (unpaired) electrons. The van der Waals surface area contributed by atoms with Gasteiger partial charge in [-0.2, -0.15) is 0 Å². The van der Waals surface area contributed by atoms with Crippen molar-refractivity contribution in [1.29, 1.82) is 0 Å². The molecule has 1 heterocycles. The molecule has 1 saturated carbocycles. The summed E-state index contributed by atoms with van der Waals surface area (Å²) in [5.74, 6) is 0. The normalized spacial score (nSPS) is 23.3. The monoisotopic (exact) mass is 222 g/mol. The molecule has 2 nitrogen and oxygen atoms in total. The zero-order chi connectivity index (χ0) is 11.6. The van der Waals surface area contributed by atoms with E-state index >= 15 is 0 Å². The second-order valence-corrected chi connectivity index (χ2v) is 6.26. The van der Waals surface area contributed by atoms with E-state index in [1.807, 2.05) is 0 Å². The van der Waals surface area contributed by atoms with Crippen LogP contribution in [0.4, 0.5) is 0 Å². The first-order valence-corrected chi connectivity index (χ1v) is 6.71. The highest BCUT2D eigenvalue weighted by molar-refractivity contribution is 5.14. The summed E-state index contributed by atoms with van der Waals surface area (Å²) >= 11 is 0. The van der Waals surface area contributed by atoms with Crippen molar-refractivity contribution in [3.63, 3.8) is 0 Å². The quantitative estimate of drug-likeness (QED) is 0.735. The average molecular weight is 222 g/mol. The molecule has 0 spiro atoms. The molecule has 16 heavy (non-hydrogen) atoms. The third kappa shape index (κ3) is 3.60. The summed E-state index contributed by atoms with van der Waals surface area (Å²) < 4.78 is 0. The predicted octanol–water partition coefficient (Wildman–Crippen LogP) is 2.42. The van der Waals surface area contributed by atoms with E-state index in [9.17, 15) is 0 Å². The standard InChI is InChI=1S/C14H26N2/c1-14(2,3)12-6-9-16(10-7-12)11-8-15-13-4-5-13/h6,13,15H,4-5,7-11H2,1-3H3. The molecule has 2 aliphatic rings. The summed E-state index contributed by atoms with van der Waals surface area (Å²) in [7, 11) is 0. The van der Waals surface area contributed by atoms with Crippen LogP contribution in [0.2, 0.25) is 0 Å². The summed E-state index contributed by atoms with van der Waals surface area (Å²) in [4.78, 5) is 2.56. The molecule has 2 heteroatoms. The molecular weight excluding hydrogens is 196 g/mol. The Morgan fingerprint density at radius 2 is 2.12 bits per heavy atom. The van der Waals surface area contributed by atoms with Crippen molar-refractivity contribution in [1.82, 2.24) is 10.2 Å². The fourth-order valence-corrected chi connectivity index (χ4v) is 2.31. The lowest BCUT2D eigenvalue weighted by Gasteiger charge is -2.32. The van der Waals surface area contributed by atoms with Crippen LogP contribution in [0.1, 0.15) is 40.0 Å². The van der Waals surface area contributed by atoms with Crippen LogP contribution in [0.25, 0.3) is 0 Å². The summed E-state index contributed by atoms with van der Waals surface area (Å²) in [5, 5.41) is 3.58. The van der Waals surface area contributed by atoms with Crippen molar-refractivity contribution >= 4 is 0 Å². The Bertz CT molecular complexity index is 258. The van der Waals surface area contributed by atoms with E-state index in [1.165, 1.54) is 38.9 Å². The fourth-order valence-electron chi connectivity index (χ4n) is 2.31. The predicted molar refractivity (Wildman–Crippen MR) is 69.6 cm³/mol. The minimum absolute atomic E-state index is 0.373. The van der Waals surface area contributed by atoms with Crippen molar-refractivity contribution in [3.05, 3.63) is 11.6 Å². The van der Waals surface area contributed by atoms with Crippen LogP contribution in [-0.4, -0.2) is 37.1 Å². The Morgan fingerprint density at radius 1 is 1.38 bits per heavy atom. The summed E-state index contributed by atoms with van der Waals surface area (Å²) in [6.07, 6.45) is 6.50. The van der Waals surface area contributed by atoms with Crippen LogP contribution >= 0.6 is 0 Å². The van der Waals surface area contributed by atoms with Crippen LogP contribution in [0.5, 0.6) is 0 Å². The molecular formula is C14H26N2. The van der Waals surface area contributed by atoms with Gasteiger partial charge in [-0.15, -0.1) is 0 Å². The third-order valence-corrected chi connectivity index (χ3v) is 3.69. The maximum Gasteiger partial charge on any atom is 0.0166 e. The first-order chi connectivity index (χ1) is 7.55. The molecule has 2 rings (SSSR count). The first kappa shape index (κ1) is 12.1. The molecule has 0 amide bonds. The van der Waals surface area contributed by atoms with E-state index < -0.39 is 0 Å². The zero-order valence-corrected chi connectivity index (χ0v) is 11.1. The molecule has 0 unspecified atom stereocenters. The van der Waals surface area contributed by atoms with E-state index in [2.05, 4.69) is 37.1 Å². The Kier molecular flexibility index (Phi) is 3.70. The largest absolute Gasteiger partial charge is 0.313 e. The first-order valence-electron chi connectivity index (χ1n) is 6.71. The second-order valence-electron chi connectivity index (χ2n) is 6.26. The van der Waals surface area contributed by atoms with E-state index in [0.717, 1.165) is 12.6 Å². The lowest BCUT2D eigenvalue weighted by atomic mass is 9.83. The topological polar surface area (TPSA) is 15.3 Å². The lowest BCUT2D eigenvalue weighted by Crippen LogP contribution is -2.36. The highest BCUT2D eigenvalue weighted by Gasteiger charge is 2.22. The zero-order valence-electron chi connectivity index (χ0n) is 11.1. The fraction of sp³-hybridized carbons (Fsp3) is 0.857. The van der Waals surface area contributed by atoms with Crippen molar-refractivity contribution in [2.24, 2.45) is 5.41 Å². The molecule has 1 fully saturated rings. The SMILES string of the molecule is CC(C)(C)C1=CCN(CCNC2CC2)CC1. The summed E-state index contributed by atoms with van der Waals surface area (Å²) in [5.41, 5.74) is 2.01. The average Bonchev–Trinajstić information content (AvgIpc) is 3.01. The highest BCUT2D eigenvalue weighted by atomic mass is 15.1. The number of hydrogen-bond acceptors (Lipinski definition) is 2. The van der Waals surface area contributed by atoms with Crippen molar-refractivity contribution in [2.75, 3.05) is 26.2 Å². The van der Waals surface area contributed by atoms with Crippen LogP contribution < -0.4 is 5.32 Å². The van der Waals surface area contributed by atoms with E-state index in [4.69, 9.17) is 0 Å². The highest BCUT2D eigenvalue weighted by Crippen LogP contribution is 2.29. The number of rotatable bonds is 4. The van der Waals surface area contributed by atoms with Crippen molar-refractivity contribution in [3.8, 4) is 0 Å². The Morgan fingerprint density at radius 3 is 2.62 bits per heavy atom. The Labute approximate surface area is 100 Å². The van der Waals surface area contributed by atoms with Gasteiger partial charge < -0.3 is 5.32 Å². The third-order valence-electron chi connectivity index (χ3n) is 3.69. The molecule has 0 aromatic carbocycles. The Hall–Kier alpha value is -0.340. The van der Waals surface area contributed by atoms with Gasteiger partial charge in [-0.25, -0.2) is 0 Å². The lowest BCUT2D eigenvalue weighted by molar-refractivity contribution is 0.278. The van der Waals surface area contributed by atoms with Gasteiger partial charge in [-0.05, 0) is 24.7 Å². The molecule has 92 valence electrons. The smallest absolute Gasteiger partial charge is 0.0166 e. The van der Waals surface area contributed by atoms with E-state index in [0.29, 0.717) is 5.41 Å². The van der Waals surface area contributed by atoms with Gasteiger partial charge in [0.05, 0.1) is 0 Å². The van der Waals surface area contributed by atoms with Gasteiger partial charge in [-0.3, -0.25) is 4.90 Å². The number of nitrogens with zero attached hydrogens (tertiary/aromatic N) is 1. The minimum Gasteiger partial charge on any atom is -0.313 e. The van der Waals surface area contributed by atoms with Gasteiger partial charge in [0.2, 0.25) is 0 Å². The van der Waals surface area contributed by atoms with Gasteiger partial charge in [0, 0.05) is 32.2 Å². The molecule has 0 bridgehead atoms. The molecule has 0 atom stereocenters. The summed E-state index contributed by atoms with van der Waals surface area (Å²) in [6.45, 7) is 11.7. The molecule has 1 N–H and O–H groups in total. The maximum atomic E-state index is 3.58.